The molecule has 8 heteroatoms. The summed E-state index contributed by atoms with van der Waals surface area (Å²) in [4.78, 5) is 37.7. The highest BCUT2D eigenvalue weighted by molar-refractivity contribution is 7.17. The van der Waals surface area contributed by atoms with E-state index in [0.29, 0.717) is 15.4 Å². The molecule has 0 fully saturated rings. The molecule has 0 bridgehead atoms. The number of nitrogens with one attached hydrogen (secondary N) is 1. The van der Waals surface area contributed by atoms with E-state index in [2.05, 4.69) is 5.32 Å². The van der Waals surface area contributed by atoms with Crippen molar-refractivity contribution in [1.29, 1.82) is 0 Å². The third-order valence-corrected chi connectivity index (χ3v) is 6.15. The maximum atomic E-state index is 12.1. The van der Waals surface area contributed by atoms with E-state index < -0.39 is 24.5 Å². The Labute approximate surface area is 152 Å². The molecule has 2 heterocycles. The number of hydrogen-bond donors (Lipinski definition) is 1. The molecule has 1 amide bonds. The molecule has 0 aromatic carbocycles. The number of rotatable bonds is 5. The molecule has 0 saturated heterocycles. The molecule has 1 N–H and O–H groups in total. The van der Waals surface area contributed by atoms with Crippen LogP contribution in [0.25, 0.3) is 0 Å². The van der Waals surface area contributed by atoms with Gasteiger partial charge in [0.25, 0.3) is 5.91 Å². The molecule has 0 aliphatic heterocycles. The maximum absolute atomic E-state index is 12.1. The van der Waals surface area contributed by atoms with Crippen molar-refractivity contribution in [2.75, 3.05) is 19.0 Å². The van der Waals surface area contributed by atoms with Gasteiger partial charge in [0.1, 0.15) is 9.88 Å². The standard InChI is InChI=1S/C17H17NO5S2/c1-9-6-7-24-14(9)17(21)23-8-12(19)18-15-13(16(20)22-2)10-4-3-5-11(10)25-15/h6-7H,3-5,8H2,1-2H3,(H,18,19). The van der Waals surface area contributed by atoms with Crippen molar-refractivity contribution >= 4 is 45.5 Å². The molecule has 132 valence electrons. The molecule has 0 atom stereocenters. The Bertz CT molecular complexity index is 836. The van der Waals surface area contributed by atoms with Crippen LogP contribution in [0.2, 0.25) is 0 Å². The summed E-state index contributed by atoms with van der Waals surface area (Å²) in [5, 5.41) is 4.93. The number of aryl methyl sites for hydroxylation is 2. The number of methoxy groups -OCH3 is 1. The Morgan fingerprint density at radius 2 is 2.04 bits per heavy atom. The second-order valence-electron chi connectivity index (χ2n) is 5.61. The van der Waals surface area contributed by atoms with E-state index >= 15 is 0 Å². The molecule has 1 aliphatic carbocycles. The van der Waals surface area contributed by atoms with Crippen LogP contribution < -0.4 is 5.32 Å². The molecule has 2 aromatic heterocycles. The Kier molecular flexibility index (Phi) is 5.19. The van der Waals surface area contributed by atoms with Crippen molar-refractivity contribution in [2.24, 2.45) is 0 Å². The Balaban J connectivity index is 1.66. The molecular weight excluding hydrogens is 362 g/mol. The number of thiophene rings is 2. The van der Waals surface area contributed by atoms with Crippen molar-refractivity contribution in [2.45, 2.75) is 26.2 Å². The first-order valence-electron chi connectivity index (χ1n) is 7.75. The number of carbonyl (C=O) groups excluding carboxylic acids is 3. The van der Waals surface area contributed by atoms with Gasteiger partial charge in [-0.2, -0.15) is 0 Å². The summed E-state index contributed by atoms with van der Waals surface area (Å²) in [6, 6.07) is 1.82. The van der Waals surface area contributed by atoms with Gasteiger partial charge in [-0.3, -0.25) is 4.79 Å². The molecule has 3 rings (SSSR count). The van der Waals surface area contributed by atoms with Crippen molar-refractivity contribution in [3.63, 3.8) is 0 Å². The minimum absolute atomic E-state index is 0.403. The van der Waals surface area contributed by atoms with Crippen molar-refractivity contribution in [3.8, 4) is 0 Å². The Morgan fingerprint density at radius 3 is 2.72 bits per heavy atom. The number of hydrogen-bond acceptors (Lipinski definition) is 7. The number of anilines is 1. The lowest BCUT2D eigenvalue weighted by atomic mass is 10.1. The van der Waals surface area contributed by atoms with Crippen molar-refractivity contribution in [1.82, 2.24) is 0 Å². The van der Waals surface area contributed by atoms with E-state index in [4.69, 9.17) is 9.47 Å². The van der Waals surface area contributed by atoms with Crippen LogP contribution >= 0.6 is 22.7 Å². The first-order valence-corrected chi connectivity index (χ1v) is 9.44. The van der Waals surface area contributed by atoms with E-state index in [9.17, 15) is 14.4 Å². The van der Waals surface area contributed by atoms with Crippen LogP contribution in [0.15, 0.2) is 11.4 Å². The van der Waals surface area contributed by atoms with Crippen LogP contribution in [-0.2, 0) is 27.1 Å². The van der Waals surface area contributed by atoms with Gasteiger partial charge >= 0.3 is 11.9 Å². The molecular formula is C17H17NO5S2. The van der Waals surface area contributed by atoms with Crippen LogP contribution in [-0.4, -0.2) is 31.6 Å². The first-order chi connectivity index (χ1) is 12.0. The summed E-state index contributed by atoms with van der Waals surface area (Å²) in [6.07, 6.45) is 2.70. The zero-order valence-corrected chi connectivity index (χ0v) is 15.5. The van der Waals surface area contributed by atoms with Crippen molar-refractivity contribution < 1.29 is 23.9 Å². The SMILES string of the molecule is COC(=O)c1c(NC(=O)COC(=O)c2sccc2C)sc2c1CCC2. The summed E-state index contributed by atoms with van der Waals surface area (Å²) < 4.78 is 9.89. The zero-order chi connectivity index (χ0) is 18.0. The summed E-state index contributed by atoms with van der Waals surface area (Å²) >= 11 is 2.66. The van der Waals surface area contributed by atoms with E-state index in [1.54, 1.807) is 5.38 Å². The predicted molar refractivity (Wildman–Crippen MR) is 95.7 cm³/mol. The summed E-state index contributed by atoms with van der Waals surface area (Å²) in [6.45, 7) is 1.41. The maximum Gasteiger partial charge on any atom is 0.349 e. The molecule has 1 aliphatic rings. The summed E-state index contributed by atoms with van der Waals surface area (Å²) in [5.74, 6) is -1.46. The van der Waals surface area contributed by atoms with Gasteiger partial charge in [0.15, 0.2) is 6.61 Å². The van der Waals surface area contributed by atoms with Gasteiger partial charge in [-0.25, -0.2) is 9.59 Å². The number of ether oxygens (including phenoxy) is 2. The van der Waals surface area contributed by atoms with E-state index in [1.165, 1.54) is 29.8 Å². The first kappa shape index (κ1) is 17.6. The van der Waals surface area contributed by atoms with Crippen LogP contribution in [0.1, 0.15) is 42.5 Å². The van der Waals surface area contributed by atoms with Crippen LogP contribution in [0, 0.1) is 6.92 Å². The van der Waals surface area contributed by atoms with Gasteiger partial charge in [-0.1, -0.05) is 0 Å². The lowest BCUT2D eigenvalue weighted by molar-refractivity contribution is -0.119. The lowest BCUT2D eigenvalue weighted by Gasteiger charge is -2.07. The average Bonchev–Trinajstić information content (AvgIpc) is 3.27. The van der Waals surface area contributed by atoms with Gasteiger partial charge in [0.05, 0.1) is 12.7 Å². The fourth-order valence-electron chi connectivity index (χ4n) is 2.75. The molecule has 0 saturated carbocycles. The van der Waals surface area contributed by atoms with Gasteiger partial charge in [-0.05, 0) is 48.8 Å². The molecule has 0 spiro atoms. The quantitative estimate of drug-likeness (QED) is 0.807. The van der Waals surface area contributed by atoms with E-state index in [1.807, 2.05) is 13.0 Å². The Morgan fingerprint density at radius 1 is 1.24 bits per heavy atom. The fourth-order valence-corrected chi connectivity index (χ4v) is 4.86. The van der Waals surface area contributed by atoms with Gasteiger partial charge in [0, 0.05) is 4.88 Å². The summed E-state index contributed by atoms with van der Waals surface area (Å²) in [7, 11) is 1.32. The third kappa shape index (κ3) is 3.59. The number of carbonyl (C=O) groups is 3. The minimum atomic E-state index is -0.524. The smallest absolute Gasteiger partial charge is 0.349 e. The monoisotopic (exact) mass is 379 g/mol. The molecule has 0 unspecified atom stereocenters. The minimum Gasteiger partial charge on any atom is -0.465 e. The normalized spacial score (nSPS) is 12.6. The van der Waals surface area contributed by atoms with E-state index in [-0.39, 0.29) is 0 Å². The fraction of sp³-hybridized carbons (Fsp3) is 0.353. The lowest BCUT2D eigenvalue weighted by Crippen LogP contribution is -2.21. The van der Waals surface area contributed by atoms with E-state index in [0.717, 1.165) is 35.3 Å². The second kappa shape index (κ2) is 7.37. The molecule has 0 radical (unpaired) electrons. The van der Waals surface area contributed by atoms with Gasteiger partial charge in [-0.15, -0.1) is 22.7 Å². The molecule has 2 aromatic rings. The number of esters is 2. The molecule has 6 nitrogen and oxygen atoms in total. The topological polar surface area (TPSA) is 81.7 Å². The zero-order valence-electron chi connectivity index (χ0n) is 13.8. The van der Waals surface area contributed by atoms with Gasteiger partial charge in [0.2, 0.25) is 0 Å². The summed E-state index contributed by atoms with van der Waals surface area (Å²) in [5.41, 5.74) is 2.20. The highest BCUT2D eigenvalue weighted by atomic mass is 32.1. The highest BCUT2D eigenvalue weighted by Crippen LogP contribution is 2.39. The number of fused-ring (bicyclic) bond motifs is 1. The predicted octanol–water partition coefficient (Wildman–Crippen LogP) is 3.19. The second-order valence-corrected chi connectivity index (χ2v) is 7.63. The Hall–Kier alpha value is -2.19. The van der Waals surface area contributed by atoms with Crippen molar-refractivity contribution in [3.05, 3.63) is 37.9 Å². The molecule has 25 heavy (non-hydrogen) atoms. The third-order valence-electron chi connectivity index (χ3n) is 3.95. The van der Waals surface area contributed by atoms with Crippen LogP contribution in [0.3, 0.4) is 0 Å². The van der Waals surface area contributed by atoms with Crippen LogP contribution in [0.4, 0.5) is 5.00 Å². The van der Waals surface area contributed by atoms with Gasteiger partial charge < -0.3 is 14.8 Å². The largest absolute Gasteiger partial charge is 0.465 e. The number of amides is 1. The van der Waals surface area contributed by atoms with Crippen LogP contribution in [0.5, 0.6) is 0 Å². The highest BCUT2D eigenvalue weighted by Gasteiger charge is 2.28. The average molecular weight is 379 g/mol.